The summed E-state index contributed by atoms with van der Waals surface area (Å²) >= 11 is 0. The van der Waals surface area contributed by atoms with Crippen LogP contribution in [-0.2, 0) is 20.5 Å². The Morgan fingerprint density at radius 2 is 1.40 bits per heavy atom. The number of amidine groups is 1. The highest BCUT2D eigenvalue weighted by Gasteiger charge is 2.39. The Bertz CT molecular complexity index is 1610. The lowest BCUT2D eigenvalue weighted by atomic mass is 10.2. The van der Waals surface area contributed by atoms with Gasteiger partial charge < -0.3 is 30.9 Å². The first-order valence-corrected chi connectivity index (χ1v) is 12.7. The predicted molar refractivity (Wildman–Crippen MR) is 144 cm³/mol. The molecule has 3 aromatic rings. The number of nitrogens with one attached hydrogen (secondary N) is 2. The van der Waals surface area contributed by atoms with E-state index in [0.29, 0.717) is 38.1 Å². The van der Waals surface area contributed by atoms with Gasteiger partial charge in [-0.3, -0.25) is 10.2 Å². The molecule has 1 saturated heterocycles. The molecule has 1 aliphatic rings. The largest absolute Gasteiger partial charge is 0.490 e. The molecule has 0 unspecified atom stereocenters. The Labute approximate surface area is 261 Å². The van der Waals surface area contributed by atoms with Crippen molar-refractivity contribution in [3.63, 3.8) is 0 Å². The number of carboxylic acid groups (broad SMARTS) is 2. The van der Waals surface area contributed by atoms with Crippen molar-refractivity contribution < 1.29 is 73.2 Å². The summed E-state index contributed by atoms with van der Waals surface area (Å²) in [5.41, 5.74) is 4.42. The van der Waals surface area contributed by atoms with Crippen LogP contribution in [-0.4, -0.2) is 82.3 Å². The van der Waals surface area contributed by atoms with E-state index in [1.165, 1.54) is 36.4 Å². The van der Waals surface area contributed by atoms with Crippen molar-refractivity contribution in [2.24, 2.45) is 5.73 Å². The van der Waals surface area contributed by atoms with Crippen molar-refractivity contribution in [3.8, 4) is 5.69 Å². The van der Waals surface area contributed by atoms with Crippen molar-refractivity contribution in [3.05, 3.63) is 71.3 Å². The molecule has 262 valence electrons. The molecule has 0 saturated carbocycles. The van der Waals surface area contributed by atoms with Gasteiger partial charge in [-0.1, -0.05) is 12.1 Å². The van der Waals surface area contributed by atoms with Gasteiger partial charge in [0.05, 0.1) is 24.6 Å². The van der Waals surface area contributed by atoms with Crippen molar-refractivity contribution in [1.29, 1.82) is 5.41 Å². The number of hydrogen-bond donors (Lipinski definition) is 5. The highest BCUT2D eigenvalue weighted by atomic mass is 19.4. The fourth-order valence-corrected chi connectivity index (χ4v) is 3.49. The minimum atomic E-state index is -5.08. The van der Waals surface area contributed by atoms with Crippen LogP contribution in [0.1, 0.15) is 21.7 Å². The monoisotopic (exact) mass is 704 g/mol. The average molecular weight is 704 g/mol. The second-order valence-electron chi connectivity index (χ2n) is 9.11. The third-order valence-electron chi connectivity index (χ3n) is 5.70. The van der Waals surface area contributed by atoms with E-state index in [1.54, 1.807) is 6.07 Å². The van der Waals surface area contributed by atoms with E-state index in [0.717, 1.165) is 4.68 Å². The van der Waals surface area contributed by atoms with Gasteiger partial charge in [0.25, 0.3) is 5.91 Å². The van der Waals surface area contributed by atoms with Crippen LogP contribution in [0.5, 0.6) is 0 Å². The maximum atomic E-state index is 14.7. The molecule has 0 bridgehead atoms. The number of hydrogen-bond acceptors (Lipinski definition) is 7. The predicted octanol–water partition coefficient (Wildman–Crippen LogP) is 4.67. The molecule has 2 aromatic carbocycles. The Morgan fingerprint density at radius 3 is 1.85 bits per heavy atom. The first-order chi connectivity index (χ1) is 22.0. The maximum absolute atomic E-state index is 14.7. The molecule has 1 aliphatic heterocycles. The first kappa shape index (κ1) is 38.8. The third-order valence-corrected chi connectivity index (χ3v) is 5.70. The topological polar surface area (TPSA) is 184 Å². The summed E-state index contributed by atoms with van der Waals surface area (Å²) in [5.74, 6) is -7.55. The van der Waals surface area contributed by atoms with E-state index >= 15 is 0 Å². The van der Waals surface area contributed by atoms with E-state index < -0.39 is 53.6 Å². The summed E-state index contributed by atoms with van der Waals surface area (Å²) in [5, 5.41) is 27.6. The number of aliphatic carboxylic acids is 2. The molecule has 4 rings (SSSR count). The van der Waals surface area contributed by atoms with E-state index in [-0.39, 0.29) is 22.8 Å². The number of alkyl halides is 9. The molecule has 1 fully saturated rings. The highest BCUT2D eigenvalue weighted by Crippen LogP contribution is 2.30. The molecule has 0 aliphatic carbocycles. The number of aromatic nitrogens is 2. The summed E-state index contributed by atoms with van der Waals surface area (Å²) in [7, 11) is 0. The molecule has 0 spiro atoms. The number of halogens is 10. The Morgan fingerprint density at radius 1 is 0.854 bits per heavy atom. The molecule has 1 amide bonds. The number of amides is 1. The fourth-order valence-electron chi connectivity index (χ4n) is 3.49. The zero-order chi connectivity index (χ0) is 36.6. The van der Waals surface area contributed by atoms with Gasteiger partial charge in [0, 0.05) is 30.4 Å². The number of anilines is 2. The van der Waals surface area contributed by atoms with Crippen LogP contribution in [0, 0.1) is 11.2 Å². The van der Waals surface area contributed by atoms with E-state index in [1.807, 2.05) is 4.90 Å². The molecule has 1 aromatic heterocycles. The average Bonchev–Trinajstić information content (AvgIpc) is 3.45. The highest BCUT2D eigenvalue weighted by molar-refractivity contribution is 6.04. The van der Waals surface area contributed by atoms with Crippen LogP contribution in [0.3, 0.4) is 0 Å². The summed E-state index contributed by atoms with van der Waals surface area (Å²) in [6.45, 7) is 2.20. The molecular formula is C26H22F10N6O6. The number of benzene rings is 2. The smallest absolute Gasteiger partial charge is 0.475 e. The molecule has 22 heteroatoms. The maximum Gasteiger partial charge on any atom is 0.490 e. The van der Waals surface area contributed by atoms with Gasteiger partial charge in [-0.25, -0.2) is 18.7 Å². The summed E-state index contributed by atoms with van der Waals surface area (Å²) in [6.07, 6.45) is -15.0. The van der Waals surface area contributed by atoms with Gasteiger partial charge in [0.15, 0.2) is 5.69 Å². The minimum Gasteiger partial charge on any atom is -0.475 e. The zero-order valence-electron chi connectivity index (χ0n) is 23.7. The van der Waals surface area contributed by atoms with Crippen molar-refractivity contribution in [2.45, 2.75) is 18.5 Å². The normalized spacial score (nSPS) is 13.3. The number of nitrogens with two attached hydrogens (primary N) is 1. The quantitative estimate of drug-likeness (QED) is 0.143. The molecule has 12 nitrogen and oxygen atoms in total. The third kappa shape index (κ3) is 11.1. The zero-order valence-corrected chi connectivity index (χ0v) is 23.7. The SMILES string of the molecule is N=C(N)c1cccc(-n2nc(C(F)(F)F)cc2C(=O)Nc2ccc(N3CCOCC3)cc2F)c1.O=C(O)C(F)(F)F.O=C(O)C(F)(F)F. The molecule has 0 radical (unpaired) electrons. The van der Waals surface area contributed by atoms with E-state index in [2.05, 4.69) is 10.4 Å². The number of carboxylic acids is 2. The first-order valence-electron chi connectivity index (χ1n) is 12.7. The molecular weight excluding hydrogens is 682 g/mol. The van der Waals surface area contributed by atoms with Crippen LogP contribution >= 0.6 is 0 Å². The molecule has 2 heterocycles. The fraction of sp³-hybridized carbons (Fsp3) is 0.269. The van der Waals surface area contributed by atoms with E-state index in [9.17, 15) is 48.7 Å². The molecule has 6 N–H and O–H groups in total. The van der Waals surface area contributed by atoms with Crippen molar-refractivity contribution >= 4 is 35.1 Å². The standard InChI is InChI=1S/C22H20F4N6O2.2C2HF3O2/c23-16-11-14(31-6-8-34-9-7-31)4-5-17(16)29-21(33)18-12-19(22(24,25)26)30-32(18)15-3-1-2-13(10-15)20(27)28;2*3-2(4,5)1(6)7/h1-5,10-12H,6-9H2,(H3,27,28)(H,29,33);2*(H,6,7). The molecule has 48 heavy (non-hydrogen) atoms. The van der Waals surface area contributed by atoms with Gasteiger partial charge in [-0.05, 0) is 30.3 Å². The summed E-state index contributed by atoms with van der Waals surface area (Å²) < 4.78 is 124. The van der Waals surface area contributed by atoms with Crippen LogP contribution < -0.4 is 16.0 Å². The van der Waals surface area contributed by atoms with Gasteiger partial charge in [-0.15, -0.1) is 0 Å². The number of morpholine rings is 1. The van der Waals surface area contributed by atoms with Crippen LogP contribution in [0.2, 0.25) is 0 Å². The number of rotatable bonds is 5. The van der Waals surface area contributed by atoms with Crippen LogP contribution in [0.15, 0.2) is 48.5 Å². The number of ether oxygens (including phenoxy) is 1. The summed E-state index contributed by atoms with van der Waals surface area (Å²) in [4.78, 5) is 32.6. The lowest BCUT2D eigenvalue weighted by Crippen LogP contribution is -2.36. The Kier molecular flexibility index (Phi) is 12.5. The molecule has 0 atom stereocenters. The van der Waals surface area contributed by atoms with Crippen LogP contribution in [0.4, 0.5) is 55.3 Å². The second kappa shape index (κ2) is 15.5. The van der Waals surface area contributed by atoms with E-state index in [4.69, 9.17) is 35.7 Å². The van der Waals surface area contributed by atoms with Crippen molar-refractivity contribution in [2.75, 3.05) is 36.5 Å². The minimum absolute atomic E-state index is 0.0801. The van der Waals surface area contributed by atoms with Gasteiger partial charge in [0.1, 0.15) is 17.3 Å². The Balaban J connectivity index is 0.000000479. The Hall–Kier alpha value is -5.41. The lowest BCUT2D eigenvalue weighted by Gasteiger charge is -2.29. The number of carbonyl (C=O) groups is 3. The second-order valence-corrected chi connectivity index (χ2v) is 9.11. The van der Waals surface area contributed by atoms with Gasteiger partial charge in [-0.2, -0.15) is 44.6 Å². The number of nitrogens with zero attached hydrogens (tertiary/aromatic N) is 3. The number of nitrogen functional groups attached to an aromatic ring is 1. The lowest BCUT2D eigenvalue weighted by molar-refractivity contribution is -0.193. The van der Waals surface area contributed by atoms with Gasteiger partial charge in [0.2, 0.25) is 0 Å². The number of carbonyl (C=O) groups excluding carboxylic acids is 1. The summed E-state index contributed by atoms with van der Waals surface area (Å²) in [6, 6.07) is 10.5. The van der Waals surface area contributed by atoms with Crippen LogP contribution in [0.25, 0.3) is 5.69 Å². The van der Waals surface area contributed by atoms with Gasteiger partial charge >= 0.3 is 30.5 Å². The van der Waals surface area contributed by atoms with Crippen molar-refractivity contribution in [1.82, 2.24) is 9.78 Å².